The van der Waals surface area contributed by atoms with E-state index >= 15 is 0 Å². The zero-order valence-corrected chi connectivity index (χ0v) is 25.1. The van der Waals surface area contributed by atoms with Gasteiger partial charge in [-0.25, -0.2) is 14.2 Å². The maximum absolute atomic E-state index is 14.6. The van der Waals surface area contributed by atoms with Crippen LogP contribution >= 0.6 is 22.9 Å². The third kappa shape index (κ3) is 6.13. The highest BCUT2D eigenvalue weighted by molar-refractivity contribution is 7.07. The van der Waals surface area contributed by atoms with Crippen molar-refractivity contribution in [2.75, 3.05) is 0 Å². The molecule has 0 amide bonds. The molecule has 0 spiro atoms. The molecule has 1 unspecified atom stereocenters. The Balaban J connectivity index is 1.40. The number of allylic oxidation sites excluding steroid dienone is 1. The van der Waals surface area contributed by atoms with Crippen LogP contribution in [0.25, 0.3) is 6.08 Å². The second-order valence-electron chi connectivity index (χ2n) is 10.1. The number of esters is 1. The van der Waals surface area contributed by atoms with Crippen molar-refractivity contribution in [2.45, 2.75) is 26.2 Å². The Kier molecular flexibility index (Phi) is 8.54. The molecule has 1 aromatic heterocycles. The quantitative estimate of drug-likeness (QED) is 0.189. The summed E-state index contributed by atoms with van der Waals surface area (Å²) < 4.78 is 28.0. The molecule has 0 fully saturated rings. The summed E-state index contributed by atoms with van der Waals surface area (Å²) in [7, 11) is 0. The van der Waals surface area contributed by atoms with Crippen molar-refractivity contribution < 1.29 is 18.7 Å². The summed E-state index contributed by atoms with van der Waals surface area (Å²) in [5, 5.41) is 0.180. The highest BCUT2D eigenvalue weighted by Crippen LogP contribution is 2.32. The molecule has 2 heterocycles. The summed E-state index contributed by atoms with van der Waals surface area (Å²) in [6, 6.07) is 29.9. The number of thiazole rings is 1. The summed E-state index contributed by atoms with van der Waals surface area (Å²) in [6.07, 6.45) is 1.42. The van der Waals surface area contributed by atoms with E-state index in [-0.39, 0.29) is 27.3 Å². The Bertz CT molecular complexity index is 2020. The summed E-state index contributed by atoms with van der Waals surface area (Å²) in [6.45, 7) is 2.17. The molecular weight excluding hydrogens is 599 g/mol. The number of carbonyl (C=O) groups is 1. The Labute approximate surface area is 261 Å². The Morgan fingerprint density at radius 2 is 1.59 bits per heavy atom. The second kappa shape index (κ2) is 12.8. The van der Waals surface area contributed by atoms with Crippen LogP contribution < -0.4 is 19.6 Å². The molecule has 4 aromatic carbocycles. The van der Waals surface area contributed by atoms with Gasteiger partial charge in [0, 0.05) is 5.56 Å². The lowest BCUT2D eigenvalue weighted by Gasteiger charge is -2.25. The summed E-state index contributed by atoms with van der Waals surface area (Å²) in [5.41, 5.74) is 2.86. The Morgan fingerprint density at radius 1 is 0.932 bits per heavy atom. The fourth-order valence-electron chi connectivity index (χ4n) is 4.97. The predicted octanol–water partition coefficient (Wildman–Crippen LogP) is 6.35. The van der Waals surface area contributed by atoms with Crippen LogP contribution in [0.15, 0.2) is 124 Å². The van der Waals surface area contributed by atoms with Crippen LogP contribution in [0.4, 0.5) is 4.39 Å². The van der Waals surface area contributed by atoms with Gasteiger partial charge in [-0.05, 0) is 54.0 Å². The van der Waals surface area contributed by atoms with Gasteiger partial charge in [0.1, 0.15) is 24.8 Å². The maximum atomic E-state index is 14.6. The lowest BCUT2D eigenvalue weighted by atomic mass is 9.96. The zero-order chi connectivity index (χ0) is 30.6. The molecule has 9 heteroatoms. The van der Waals surface area contributed by atoms with Crippen LogP contribution in [0.3, 0.4) is 0 Å². The van der Waals surface area contributed by atoms with Crippen LogP contribution in [0.1, 0.15) is 35.2 Å². The molecular formula is C35H26ClFN2O4S. The Hall–Kier alpha value is -4.79. The number of nitrogens with zero attached hydrogens (tertiary/aromatic N) is 2. The highest BCUT2D eigenvalue weighted by atomic mass is 35.5. The summed E-state index contributed by atoms with van der Waals surface area (Å²) in [5.74, 6) is -0.503. The number of hydrogen-bond acceptors (Lipinski definition) is 6. The molecule has 44 heavy (non-hydrogen) atoms. The average Bonchev–Trinajstić information content (AvgIpc) is 3.35. The van der Waals surface area contributed by atoms with E-state index in [2.05, 4.69) is 4.99 Å². The molecule has 1 aliphatic heterocycles. The van der Waals surface area contributed by atoms with Gasteiger partial charge in [-0.1, -0.05) is 102 Å². The number of hydrogen-bond donors (Lipinski definition) is 0. The SMILES string of the molecule is CC1=C(C(=O)OCc2ccccc2)C(c2ccc(OCc3ccccc3)cc2)n2c(s/c(=C\c3c(F)cccc3Cl)c2=O)=N1. The van der Waals surface area contributed by atoms with Crippen molar-refractivity contribution in [3.05, 3.63) is 167 Å². The lowest BCUT2D eigenvalue weighted by Crippen LogP contribution is -2.39. The fraction of sp³-hybridized carbons (Fsp3) is 0.114. The van der Waals surface area contributed by atoms with Crippen LogP contribution in [0.5, 0.6) is 5.75 Å². The van der Waals surface area contributed by atoms with Gasteiger partial charge in [-0.15, -0.1) is 0 Å². The van der Waals surface area contributed by atoms with Gasteiger partial charge < -0.3 is 9.47 Å². The number of ether oxygens (including phenoxy) is 2. The molecule has 0 N–H and O–H groups in total. The number of fused-ring (bicyclic) bond motifs is 1. The highest BCUT2D eigenvalue weighted by Gasteiger charge is 2.33. The van der Waals surface area contributed by atoms with Crippen LogP contribution in [-0.4, -0.2) is 10.5 Å². The number of halogens is 2. The monoisotopic (exact) mass is 624 g/mol. The number of aromatic nitrogens is 1. The molecule has 0 saturated heterocycles. The first-order valence-corrected chi connectivity index (χ1v) is 15.0. The van der Waals surface area contributed by atoms with E-state index in [1.165, 1.54) is 22.8 Å². The van der Waals surface area contributed by atoms with Crippen molar-refractivity contribution in [3.63, 3.8) is 0 Å². The van der Waals surface area contributed by atoms with Crippen molar-refractivity contribution in [1.82, 2.24) is 4.57 Å². The number of benzene rings is 4. The van der Waals surface area contributed by atoms with E-state index in [0.717, 1.165) is 22.5 Å². The van der Waals surface area contributed by atoms with E-state index < -0.39 is 23.4 Å². The molecule has 0 radical (unpaired) electrons. The standard InChI is InChI=1S/C35H26ClFN2O4S/c1-22-31(34(41)43-21-24-11-6-3-7-12-24)32(25-15-17-26(18-16-25)42-20-23-9-4-2-5-10-23)39-33(40)30(44-35(39)38-22)19-27-28(36)13-8-14-29(27)37/h2-19,32H,20-21H2,1H3/b30-19-. The molecule has 0 bridgehead atoms. The molecule has 0 aliphatic carbocycles. The molecule has 6 nitrogen and oxygen atoms in total. The number of rotatable bonds is 8. The van der Waals surface area contributed by atoms with Crippen LogP contribution in [-0.2, 0) is 22.7 Å². The first-order chi connectivity index (χ1) is 21.4. The first-order valence-electron chi connectivity index (χ1n) is 13.8. The molecule has 5 aromatic rings. The summed E-state index contributed by atoms with van der Waals surface area (Å²) in [4.78, 5) is 32.6. The van der Waals surface area contributed by atoms with Gasteiger partial charge in [0.25, 0.3) is 5.56 Å². The number of carbonyl (C=O) groups excluding carboxylic acids is 1. The van der Waals surface area contributed by atoms with Crippen molar-refractivity contribution in [2.24, 2.45) is 4.99 Å². The van der Waals surface area contributed by atoms with E-state index in [4.69, 9.17) is 21.1 Å². The van der Waals surface area contributed by atoms with E-state index in [9.17, 15) is 14.0 Å². The topological polar surface area (TPSA) is 69.9 Å². The molecule has 1 atom stereocenters. The van der Waals surface area contributed by atoms with Gasteiger partial charge >= 0.3 is 5.97 Å². The lowest BCUT2D eigenvalue weighted by molar-refractivity contribution is -0.140. The van der Waals surface area contributed by atoms with Gasteiger partial charge in [-0.3, -0.25) is 9.36 Å². The zero-order valence-electron chi connectivity index (χ0n) is 23.6. The first kappa shape index (κ1) is 29.3. The average molecular weight is 625 g/mol. The minimum absolute atomic E-state index is 0.0612. The second-order valence-corrected chi connectivity index (χ2v) is 11.5. The van der Waals surface area contributed by atoms with Crippen molar-refractivity contribution >= 4 is 35.0 Å². The molecule has 0 saturated carbocycles. The smallest absolute Gasteiger partial charge is 0.338 e. The van der Waals surface area contributed by atoms with Crippen molar-refractivity contribution in [3.8, 4) is 5.75 Å². The van der Waals surface area contributed by atoms with Crippen molar-refractivity contribution in [1.29, 1.82) is 0 Å². The molecule has 6 rings (SSSR count). The van der Waals surface area contributed by atoms with Gasteiger partial charge in [0.15, 0.2) is 4.80 Å². The van der Waals surface area contributed by atoms with Gasteiger partial charge in [0.2, 0.25) is 0 Å². The summed E-state index contributed by atoms with van der Waals surface area (Å²) >= 11 is 7.36. The van der Waals surface area contributed by atoms with Gasteiger partial charge in [0.05, 0.1) is 26.9 Å². The van der Waals surface area contributed by atoms with E-state index in [1.54, 1.807) is 25.1 Å². The predicted molar refractivity (Wildman–Crippen MR) is 169 cm³/mol. The Morgan fingerprint density at radius 3 is 2.25 bits per heavy atom. The normalized spacial score (nSPS) is 14.6. The maximum Gasteiger partial charge on any atom is 0.338 e. The van der Waals surface area contributed by atoms with E-state index in [1.807, 2.05) is 72.8 Å². The minimum Gasteiger partial charge on any atom is -0.489 e. The van der Waals surface area contributed by atoms with Crippen LogP contribution in [0.2, 0.25) is 5.02 Å². The van der Waals surface area contributed by atoms with Gasteiger partial charge in [-0.2, -0.15) is 0 Å². The molecule has 1 aliphatic rings. The third-order valence-electron chi connectivity index (χ3n) is 7.17. The largest absolute Gasteiger partial charge is 0.489 e. The van der Waals surface area contributed by atoms with Crippen LogP contribution in [0, 0.1) is 5.82 Å². The third-order valence-corrected chi connectivity index (χ3v) is 8.49. The molecule has 220 valence electrons. The van der Waals surface area contributed by atoms with E-state index in [0.29, 0.717) is 28.4 Å². The minimum atomic E-state index is -0.837. The fourth-order valence-corrected chi connectivity index (χ4v) is 6.21.